The lowest BCUT2D eigenvalue weighted by Crippen LogP contribution is -1.97. The van der Waals surface area contributed by atoms with Crippen molar-refractivity contribution in [2.75, 3.05) is 0 Å². The molecule has 1 heterocycles. The Morgan fingerprint density at radius 3 is 2.06 bits per heavy atom. The average molecular weight is 394 g/mol. The normalized spacial score (nSPS) is 12.1. The first-order valence-corrected chi connectivity index (χ1v) is 10.6. The third-order valence-electron chi connectivity index (χ3n) is 6.41. The van der Waals surface area contributed by atoms with Gasteiger partial charge < -0.3 is 4.74 Å². The summed E-state index contributed by atoms with van der Waals surface area (Å²) < 4.78 is 6.22. The standard InChI is InChI=1S/C30H18O/c1-2-10-22-19(8-1)17-26(24-12-4-3-11-23(22)24)21-16-20-9-7-15-29-30(20)27(18-21)25-13-5-6-14-28(25)31-29/h1-18H. The lowest BCUT2D eigenvalue weighted by molar-refractivity contribution is 0.487. The second kappa shape index (κ2) is 6.20. The fourth-order valence-corrected chi connectivity index (χ4v) is 5.04. The average Bonchev–Trinajstić information content (AvgIpc) is 2.83. The number of fused-ring (bicyclic) bond motifs is 5. The monoisotopic (exact) mass is 394 g/mol. The molecule has 0 fully saturated rings. The van der Waals surface area contributed by atoms with Crippen LogP contribution in [0.5, 0.6) is 11.5 Å². The number of rotatable bonds is 1. The van der Waals surface area contributed by atoms with Gasteiger partial charge in [0, 0.05) is 10.9 Å². The maximum absolute atomic E-state index is 6.22. The molecule has 0 saturated heterocycles. The van der Waals surface area contributed by atoms with Crippen LogP contribution < -0.4 is 4.74 Å². The van der Waals surface area contributed by atoms with E-state index >= 15 is 0 Å². The van der Waals surface area contributed by atoms with Gasteiger partial charge in [0.15, 0.2) is 0 Å². The largest absolute Gasteiger partial charge is 0.456 e. The van der Waals surface area contributed by atoms with Gasteiger partial charge in [0.25, 0.3) is 0 Å². The summed E-state index contributed by atoms with van der Waals surface area (Å²) >= 11 is 0. The summed E-state index contributed by atoms with van der Waals surface area (Å²) in [4.78, 5) is 0. The maximum Gasteiger partial charge on any atom is 0.135 e. The molecule has 0 aliphatic carbocycles. The van der Waals surface area contributed by atoms with Gasteiger partial charge in [-0.2, -0.15) is 0 Å². The first-order chi connectivity index (χ1) is 15.4. The summed E-state index contributed by atoms with van der Waals surface area (Å²) in [5.41, 5.74) is 4.89. The molecular formula is C30H18O. The second-order valence-corrected chi connectivity index (χ2v) is 8.17. The van der Waals surface area contributed by atoms with E-state index in [0.717, 1.165) is 17.1 Å². The molecule has 0 spiro atoms. The van der Waals surface area contributed by atoms with Crippen LogP contribution in [-0.2, 0) is 0 Å². The Bertz CT molecular complexity index is 1660. The van der Waals surface area contributed by atoms with Gasteiger partial charge in [0.2, 0.25) is 0 Å². The van der Waals surface area contributed by atoms with Gasteiger partial charge in [-0.15, -0.1) is 0 Å². The smallest absolute Gasteiger partial charge is 0.135 e. The molecule has 0 N–H and O–H groups in total. The summed E-state index contributed by atoms with van der Waals surface area (Å²) in [5.74, 6) is 1.85. The summed E-state index contributed by atoms with van der Waals surface area (Å²) in [7, 11) is 0. The highest BCUT2D eigenvalue weighted by Gasteiger charge is 2.21. The SMILES string of the molecule is c1ccc2c(c1)Oc1cccc3cc(-c4cc5ccccc5c5ccccc45)cc-2c13. The van der Waals surface area contributed by atoms with Crippen LogP contribution in [0.15, 0.2) is 109 Å². The number of ether oxygens (including phenoxy) is 1. The van der Waals surface area contributed by atoms with Crippen molar-refractivity contribution in [1.29, 1.82) is 0 Å². The van der Waals surface area contributed by atoms with E-state index in [0.29, 0.717) is 0 Å². The molecule has 1 aliphatic heterocycles. The molecule has 144 valence electrons. The Labute approximate surface area is 180 Å². The van der Waals surface area contributed by atoms with Crippen molar-refractivity contribution < 1.29 is 4.74 Å². The maximum atomic E-state index is 6.22. The zero-order valence-electron chi connectivity index (χ0n) is 16.8. The third-order valence-corrected chi connectivity index (χ3v) is 6.41. The van der Waals surface area contributed by atoms with Gasteiger partial charge in [0.1, 0.15) is 11.5 Å². The van der Waals surface area contributed by atoms with Crippen molar-refractivity contribution in [3.8, 4) is 33.8 Å². The Hall–Kier alpha value is -4.10. The molecule has 7 rings (SSSR count). The van der Waals surface area contributed by atoms with Crippen molar-refractivity contribution in [2.45, 2.75) is 0 Å². The van der Waals surface area contributed by atoms with Gasteiger partial charge >= 0.3 is 0 Å². The lowest BCUT2D eigenvalue weighted by Gasteiger charge is -2.22. The number of benzene rings is 6. The zero-order chi connectivity index (χ0) is 20.4. The van der Waals surface area contributed by atoms with Crippen molar-refractivity contribution in [3.05, 3.63) is 109 Å². The highest BCUT2D eigenvalue weighted by Crippen LogP contribution is 2.48. The quantitative estimate of drug-likeness (QED) is 0.253. The molecule has 0 amide bonds. The predicted octanol–water partition coefficient (Wildman–Crippen LogP) is 8.59. The molecule has 1 aliphatic rings. The summed E-state index contributed by atoms with van der Waals surface area (Å²) in [5, 5.41) is 7.53. The van der Waals surface area contributed by atoms with Crippen LogP contribution in [0.4, 0.5) is 0 Å². The van der Waals surface area contributed by atoms with Crippen LogP contribution in [-0.4, -0.2) is 0 Å². The van der Waals surface area contributed by atoms with E-state index < -0.39 is 0 Å². The minimum atomic E-state index is 0.919. The molecule has 1 nitrogen and oxygen atoms in total. The van der Waals surface area contributed by atoms with E-state index in [-0.39, 0.29) is 0 Å². The molecule has 0 unspecified atom stereocenters. The van der Waals surface area contributed by atoms with Crippen LogP contribution in [0, 0.1) is 0 Å². The molecule has 0 atom stereocenters. The van der Waals surface area contributed by atoms with Crippen LogP contribution in [0.3, 0.4) is 0 Å². The summed E-state index contributed by atoms with van der Waals surface area (Å²) in [6.07, 6.45) is 0. The lowest BCUT2D eigenvalue weighted by atomic mass is 9.88. The molecule has 0 radical (unpaired) electrons. The van der Waals surface area contributed by atoms with Gasteiger partial charge in [-0.05, 0) is 74.0 Å². The van der Waals surface area contributed by atoms with Crippen LogP contribution in [0.2, 0.25) is 0 Å². The van der Waals surface area contributed by atoms with Crippen LogP contribution in [0.1, 0.15) is 0 Å². The Morgan fingerprint density at radius 1 is 0.419 bits per heavy atom. The van der Waals surface area contributed by atoms with Crippen molar-refractivity contribution in [1.82, 2.24) is 0 Å². The Balaban J connectivity index is 1.62. The van der Waals surface area contributed by atoms with Gasteiger partial charge in [-0.25, -0.2) is 0 Å². The fraction of sp³-hybridized carbons (Fsp3) is 0. The Kier molecular flexibility index (Phi) is 3.33. The van der Waals surface area contributed by atoms with Gasteiger partial charge in [-0.1, -0.05) is 78.9 Å². The van der Waals surface area contributed by atoms with E-state index in [2.05, 4.69) is 103 Å². The van der Waals surface area contributed by atoms with Gasteiger partial charge in [0.05, 0.1) is 0 Å². The highest BCUT2D eigenvalue weighted by molar-refractivity contribution is 6.15. The highest BCUT2D eigenvalue weighted by atomic mass is 16.5. The first-order valence-electron chi connectivity index (χ1n) is 10.6. The van der Waals surface area contributed by atoms with E-state index in [9.17, 15) is 0 Å². The van der Waals surface area contributed by atoms with E-state index in [1.54, 1.807) is 0 Å². The zero-order valence-corrected chi connectivity index (χ0v) is 16.8. The molecule has 6 aromatic rings. The second-order valence-electron chi connectivity index (χ2n) is 8.17. The molecular weight excluding hydrogens is 376 g/mol. The third kappa shape index (κ3) is 2.38. The topological polar surface area (TPSA) is 9.23 Å². The van der Waals surface area contributed by atoms with Crippen molar-refractivity contribution >= 4 is 32.3 Å². The fourth-order valence-electron chi connectivity index (χ4n) is 5.04. The van der Waals surface area contributed by atoms with Crippen molar-refractivity contribution in [2.24, 2.45) is 0 Å². The molecule has 0 aromatic heterocycles. The number of hydrogen-bond acceptors (Lipinski definition) is 1. The molecule has 1 heteroatoms. The number of para-hydroxylation sites is 1. The summed E-state index contributed by atoms with van der Waals surface area (Å²) in [6, 6.07) is 39.0. The molecule has 31 heavy (non-hydrogen) atoms. The number of hydrogen-bond donors (Lipinski definition) is 0. The van der Waals surface area contributed by atoms with Crippen LogP contribution >= 0.6 is 0 Å². The minimum absolute atomic E-state index is 0.919. The minimum Gasteiger partial charge on any atom is -0.456 e. The molecule has 0 saturated carbocycles. The van der Waals surface area contributed by atoms with Crippen molar-refractivity contribution in [3.63, 3.8) is 0 Å². The van der Waals surface area contributed by atoms with E-state index in [4.69, 9.17) is 4.74 Å². The first kappa shape index (κ1) is 16.7. The molecule has 6 aromatic carbocycles. The Morgan fingerprint density at radius 2 is 1.13 bits per heavy atom. The predicted molar refractivity (Wildman–Crippen MR) is 130 cm³/mol. The molecule has 0 bridgehead atoms. The summed E-state index contributed by atoms with van der Waals surface area (Å²) in [6.45, 7) is 0. The van der Waals surface area contributed by atoms with Gasteiger partial charge in [-0.3, -0.25) is 0 Å². The van der Waals surface area contributed by atoms with E-state index in [1.165, 1.54) is 49.0 Å². The van der Waals surface area contributed by atoms with Crippen LogP contribution in [0.25, 0.3) is 54.6 Å². The van der Waals surface area contributed by atoms with E-state index in [1.807, 2.05) is 6.07 Å².